The van der Waals surface area contributed by atoms with Crippen molar-refractivity contribution in [2.45, 2.75) is 32.8 Å². The molecular weight excluding hydrogens is 250 g/mol. The number of aliphatic imine (C=N–C) groups is 1. The fourth-order valence-electron chi connectivity index (χ4n) is 2.36. The Bertz CT molecular complexity index is 444. The van der Waals surface area contributed by atoms with E-state index in [0.29, 0.717) is 6.54 Å². The van der Waals surface area contributed by atoms with Crippen LogP contribution in [0.5, 0.6) is 0 Å². The van der Waals surface area contributed by atoms with Gasteiger partial charge in [0.05, 0.1) is 6.10 Å². The summed E-state index contributed by atoms with van der Waals surface area (Å²) in [6, 6.07) is 10.3. The molecule has 0 aromatic heterocycles. The fraction of sp³-hybridized carbons (Fsp3) is 0.562. The van der Waals surface area contributed by atoms with E-state index in [1.165, 1.54) is 5.56 Å². The SMILES string of the molecule is CC(O)C(C)(CNC1=NCCCN1)Cc1ccccc1. The molecule has 0 aliphatic carbocycles. The second kappa shape index (κ2) is 6.75. The molecule has 2 atom stereocenters. The molecule has 0 radical (unpaired) electrons. The van der Waals surface area contributed by atoms with E-state index in [9.17, 15) is 5.11 Å². The number of aliphatic hydroxyl groups excluding tert-OH is 1. The monoisotopic (exact) mass is 275 g/mol. The second-order valence-corrected chi connectivity index (χ2v) is 5.86. The first kappa shape index (κ1) is 14.9. The van der Waals surface area contributed by atoms with E-state index in [0.717, 1.165) is 31.9 Å². The summed E-state index contributed by atoms with van der Waals surface area (Å²) in [5.74, 6) is 0.858. The zero-order valence-electron chi connectivity index (χ0n) is 12.4. The Morgan fingerprint density at radius 1 is 1.40 bits per heavy atom. The number of nitrogens with one attached hydrogen (secondary N) is 2. The molecule has 20 heavy (non-hydrogen) atoms. The third kappa shape index (κ3) is 3.97. The average molecular weight is 275 g/mol. The smallest absolute Gasteiger partial charge is 0.191 e. The molecule has 1 heterocycles. The number of hydrogen-bond acceptors (Lipinski definition) is 4. The number of benzene rings is 1. The van der Waals surface area contributed by atoms with Gasteiger partial charge in [-0.15, -0.1) is 0 Å². The van der Waals surface area contributed by atoms with Gasteiger partial charge >= 0.3 is 0 Å². The number of nitrogens with zero attached hydrogens (tertiary/aromatic N) is 1. The maximum atomic E-state index is 10.2. The molecule has 2 rings (SSSR count). The first-order valence-electron chi connectivity index (χ1n) is 7.34. The maximum Gasteiger partial charge on any atom is 0.191 e. The van der Waals surface area contributed by atoms with Gasteiger partial charge in [0.15, 0.2) is 5.96 Å². The van der Waals surface area contributed by atoms with E-state index in [2.05, 4.69) is 34.7 Å². The molecule has 0 saturated carbocycles. The van der Waals surface area contributed by atoms with Crippen LogP contribution in [0.15, 0.2) is 35.3 Å². The summed E-state index contributed by atoms with van der Waals surface area (Å²) in [5, 5.41) is 16.8. The molecule has 1 aromatic carbocycles. The Morgan fingerprint density at radius 2 is 2.15 bits per heavy atom. The lowest BCUT2D eigenvalue weighted by molar-refractivity contribution is 0.0554. The van der Waals surface area contributed by atoms with Gasteiger partial charge in [-0.25, -0.2) is 0 Å². The Hall–Kier alpha value is -1.55. The van der Waals surface area contributed by atoms with E-state index in [1.54, 1.807) is 0 Å². The van der Waals surface area contributed by atoms with E-state index < -0.39 is 0 Å². The lowest BCUT2D eigenvalue weighted by Crippen LogP contribution is -2.48. The minimum atomic E-state index is -0.389. The third-order valence-corrected chi connectivity index (χ3v) is 4.02. The Morgan fingerprint density at radius 3 is 2.75 bits per heavy atom. The fourth-order valence-corrected chi connectivity index (χ4v) is 2.36. The van der Waals surface area contributed by atoms with Gasteiger partial charge < -0.3 is 15.7 Å². The molecule has 110 valence electrons. The van der Waals surface area contributed by atoms with Gasteiger partial charge in [-0.2, -0.15) is 0 Å². The highest BCUT2D eigenvalue weighted by molar-refractivity contribution is 5.80. The normalized spacial score (nSPS) is 19.4. The summed E-state index contributed by atoms with van der Waals surface area (Å²) in [7, 11) is 0. The summed E-state index contributed by atoms with van der Waals surface area (Å²) in [4.78, 5) is 4.41. The van der Waals surface area contributed by atoms with Gasteiger partial charge in [0.25, 0.3) is 0 Å². The molecule has 0 amide bonds. The summed E-state index contributed by atoms with van der Waals surface area (Å²) < 4.78 is 0. The van der Waals surface area contributed by atoms with Crippen molar-refractivity contribution < 1.29 is 5.11 Å². The topological polar surface area (TPSA) is 56.6 Å². The molecule has 0 bridgehead atoms. The molecule has 4 nitrogen and oxygen atoms in total. The van der Waals surface area contributed by atoms with E-state index >= 15 is 0 Å². The van der Waals surface area contributed by atoms with Crippen molar-refractivity contribution in [3.05, 3.63) is 35.9 Å². The highest BCUT2D eigenvalue weighted by Gasteiger charge is 2.30. The minimum Gasteiger partial charge on any atom is -0.393 e. The van der Waals surface area contributed by atoms with Crippen LogP contribution in [0.25, 0.3) is 0 Å². The van der Waals surface area contributed by atoms with Crippen LogP contribution < -0.4 is 10.6 Å². The number of aliphatic hydroxyl groups is 1. The molecule has 1 aliphatic rings. The van der Waals surface area contributed by atoms with Gasteiger partial charge in [0.2, 0.25) is 0 Å². The summed E-state index contributed by atoms with van der Waals surface area (Å²) >= 11 is 0. The first-order valence-corrected chi connectivity index (χ1v) is 7.34. The van der Waals surface area contributed by atoms with Gasteiger partial charge in [-0.3, -0.25) is 4.99 Å². The molecule has 0 saturated heterocycles. The van der Waals surface area contributed by atoms with Crippen LogP contribution in [0.3, 0.4) is 0 Å². The molecule has 2 unspecified atom stereocenters. The largest absolute Gasteiger partial charge is 0.393 e. The Labute approximate surface area is 121 Å². The van der Waals surface area contributed by atoms with Crippen LogP contribution >= 0.6 is 0 Å². The molecule has 4 heteroatoms. The van der Waals surface area contributed by atoms with Crippen LogP contribution in [0.4, 0.5) is 0 Å². The van der Waals surface area contributed by atoms with Crippen molar-refractivity contribution >= 4 is 5.96 Å². The van der Waals surface area contributed by atoms with Crippen molar-refractivity contribution in [3.8, 4) is 0 Å². The minimum absolute atomic E-state index is 0.219. The predicted molar refractivity (Wildman–Crippen MR) is 82.9 cm³/mol. The zero-order valence-corrected chi connectivity index (χ0v) is 12.4. The highest BCUT2D eigenvalue weighted by Crippen LogP contribution is 2.26. The van der Waals surface area contributed by atoms with Gasteiger partial charge in [0.1, 0.15) is 0 Å². The van der Waals surface area contributed by atoms with Gasteiger partial charge in [-0.1, -0.05) is 37.3 Å². The second-order valence-electron chi connectivity index (χ2n) is 5.86. The van der Waals surface area contributed by atoms with Crippen molar-refractivity contribution in [2.24, 2.45) is 10.4 Å². The zero-order chi connectivity index (χ0) is 14.4. The van der Waals surface area contributed by atoms with Gasteiger partial charge in [0, 0.05) is 25.0 Å². The van der Waals surface area contributed by atoms with E-state index in [-0.39, 0.29) is 11.5 Å². The van der Waals surface area contributed by atoms with Crippen LogP contribution in [0.2, 0.25) is 0 Å². The van der Waals surface area contributed by atoms with Crippen molar-refractivity contribution in [2.75, 3.05) is 19.6 Å². The maximum absolute atomic E-state index is 10.2. The van der Waals surface area contributed by atoms with Gasteiger partial charge in [-0.05, 0) is 25.3 Å². The molecule has 3 N–H and O–H groups in total. The molecule has 1 aliphatic heterocycles. The standard InChI is InChI=1S/C16H25N3O/c1-13(20)16(2,11-14-7-4-3-5-8-14)12-19-15-17-9-6-10-18-15/h3-5,7-8,13,20H,6,9-12H2,1-2H3,(H2,17,18,19). The quantitative estimate of drug-likeness (QED) is 0.764. The molecular formula is C16H25N3O. The average Bonchev–Trinajstić information content (AvgIpc) is 2.47. The number of guanidine groups is 1. The van der Waals surface area contributed by atoms with Crippen molar-refractivity contribution in [1.82, 2.24) is 10.6 Å². The lowest BCUT2D eigenvalue weighted by atomic mass is 9.79. The summed E-state index contributed by atoms with van der Waals surface area (Å²) in [6.07, 6.45) is 1.54. The molecule has 1 aromatic rings. The van der Waals surface area contributed by atoms with Crippen LogP contribution in [0.1, 0.15) is 25.8 Å². The number of rotatable bonds is 5. The van der Waals surface area contributed by atoms with Crippen LogP contribution in [-0.2, 0) is 6.42 Å². The van der Waals surface area contributed by atoms with Crippen LogP contribution in [0, 0.1) is 5.41 Å². The molecule has 0 fully saturated rings. The van der Waals surface area contributed by atoms with Crippen molar-refractivity contribution in [3.63, 3.8) is 0 Å². The highest BCUT2D eigenvalue weighted by atomic mass is 16.3. The first-order chi connectivity index (χ1) is 9.60. The van der Waals surface area contributed by atoms with E-state index in [1.807, 2.05) is 25.1 Å². The van der Waals surface area contributed by atoms with Crippen LogP contribution in [-0.4, -0.2) is 36.8 Å². The third-order valence-electron chi connectivity index (χ3n) is 4.02. The van der Waals surface area contributed by atoms with E-state index in [4.69, 9.17) is 0 Å². The number of hydrogen-bond donors (Lipinski definition) is 3. The van der Waals surface area contributed by atoms with Crippen molar-refractivity contribution in [1.29, 1.82) is 0 Å². The summed E-state index contributed by atoms with van der Waals surface area (Å²) in [6.45, 7) is 6.52. The predicted octanol–water partition coefficient (Wildman–Crippen LogP) is 1.56. The Kier molecular flexibility index (Phi) is 5.01. The molecule has 0 spiro atoms. The summed E-state index contributed by atoms with van der Waals surface area (Å²) in [5.41, 5.74) is 1.03. The lowest BCUT2D eigenvalue weighted by Gasteiger charge is -2.34. The Balaban J connectivity index is 1.99.